The van der Waals surface area contributed by atoms with Crippen LogP contribution in [0.15, 0.2) is 54.6 Å². The summed E-state index contributed by atoms with van der Waals surface area (Å²) in [5, 5.41) is 7.76. The number of benzene rings is 2. The van der Waals surface area contributed by atoms with Crippen molar-refractivity contribution in [2.24, 2.45) is 0 Å². The largest absolute Gasteiger partial charge is 0.497 e. The summed E-state index contributed by atoms with van der Waals surface area (Å²) in [4.78, 5) is 27.9. The number of unbranched alkanes of at least 4 members (excludes halogenated alkanes) is 1. The number of amides is 2. The molecule has 0 saturated carbocycles. The quantitative estimate of drug-likeness (QED) is 0.396. The van der Waals surface area contributed by atoms with Gasteiger partial charge in [-0.3, -0.25) is 9.59 Å². The van der Waals surface area contributed by atoms with Crippen LogP contribution in [0.4, 0.5) is 5.82 Å². The highest BCUT2D eigenvalue weighted by Crippen LogP contribution is 2.27. The first-order chi connectivity index (χ1) is 17.6. The molecule has 1 heterocycles. The van der Waals surface area contributed by atoms with Gasteiger partial charge in [0, 0.05) is 18.0 Å². The lowest BCUT2D eigenvalue weighted by Gasteiger charge is -2.22. The minimum Gasteiger partial charge on any atom is -0.497 e. The average Bonchev–Trinajstić information content (AvgIpc) is 3.31. The third-order valence-electron chi connectivity index (χ3n) is 6.05. The van der Waals surface area contributed by atoms with Crippen LogP contribution in [0, 0.1) is 0 Å². The number of hydrogen-bond acceptors (Lipinski definition) is 5. The van der Waals surface area contributed by atoms with Gasteiger partial charge in [-0.25, -0.2) is 4.68 Å². The lowest BCUT2D eigenvalue weighted by molar-refractivity contribution is -0.134. The van der Waals surface area contributed by atoms with Gasteiger partial charge >= 0.3 is 0 Å². The summed E-state index contributed by atoms with van der Waals surface area (Å²) in [7, 11) is 3.23. The third-order valence-corrected chi connectivity index (χ3v) is 6.05. The van der Waals surface area contributed by atoms with E-state index in [1.807, 2.05) is 54.6 Å². The van der Waals surface area contributed by atoms with Crippen LogP contribution in [0.3, 0.4) is 0 Å². The highest BCUT2D eigenvalue weighted by atomic mass is 16.5. The molecule has 0 radical (unpaired) electrons. The van der Waals surface area contributed by atoms with Gasteiger partial charge in [-0.1, -0.05) is 46.2 Å². The summed E-state index contributed by atoms with van der Waals surface area (Å²) >= 11 is 0. The van der Waals surface area contributed by atoms with E-state index in [1.54, 1.807) is 23.8 Å². The highest BCUT2D eigenvalue weighted by molar-refractivity contribution is 5.94. The van der Waals surface area contributed by atoms with E-state index in [1.165, 1.54) is 0 Å². The fraction of sp³-hybridized carbons (Fsp3) is 0.414. The predicted octanol–water partition coefficient (Wildman–Crippen LogP) is 5.00. The Balaban J connectivity index is 1.79. The predicted molar refractivity (Wildman–Crippen MR) is 146 cm³/mol. The molecule has 0 atom stereocenters. The van der Waals surface area contributed by atoms with Crippen molar-refractivity contribution in [2.45, 2.75) is 52.4 Å². The molecule has 8 heteroatoms. The molecular formula is C29H38N4O4. The van der Waals surface area contributed by atoms with Gasteiger partial charge < -0.3 is 19.7 Å². The zero-order valence-electron chi connectivity index (χ0n) is 22.7. The molecular weight excluding hydrogens is 468 g/mol. The third kappa shape index (κ3) is 7.59. The van der Waals surface area contributed by atoms with Gasteiger partial charge in [0.2, 0.25) is 11.8 Å². The summed E-state index contributed by atoms with van der Waals surface area (Å²) in [6.45, 7) is 8.77. The number of hydrogen-bond donors (Lipinski definition) is 1. The molecule has 2 aromatic carbocycles. The summed E-state index contributed by atoms with van der Waals surface area (Å²) in [6, 6.07) is 16.8. The fourth-order valence-electron chi connectivity index (χ4n) is 3.78. The Morgan fingerprint density at radius 3 is 2.11 bits per heavy atom. The normalized spacial score (nSPS) is 11.2. The first-order valence-corrected chi connectivity index (χ1v) is 12.6. The molecule has 0 aliphatic carbocycles. The molecule has 8 nitrogen and oxygen atoms in total. The first kappa shape index (κ1) is 27.8. The Labute approximate surface area is 219 Å². The summed E-state index contributed by atoms with van der Waals surface area (Å²) in [6.07, 6.45) is 1.96. The molecule has 0 unspecified atom stereocenters. The van der Waals surface area contributed by atoms with Crippen molar-refractivity contribution in [2.75, 3.05) is 32.6 Å². The zero-order chi connectivity index (χ0) is 27.0. The number of rotatable bonds is 11. The minimum absolute atomic E-state index is 0.0341. The molecule has 0 aliphatic heterocycles. The number of anilines is 1. The van der Waals surface area contributed by atoms with Crippen molar-refractivity contribution in [3.63, 3.8) is 0 Å². The summed E-state index contributed by atoms with van der Waals surface area (Å²) < 4.78 is 12.2. The molecule has 1 N–H and O–H groups in total. The molecule has 3 aromatic rings. The molecule has 0 bridgehead atoms. The number of methoxy groups -OCH3 is 2. The number of ether oxygens (including phenoxy) is 2. The number of nitrogens with one attached hydrogen (secondary N) is 1. The van der Waals surface area contributed by atoms with Crippen molar-refractivity contribution >= 4 is 17.6 Å². The number of nitrogens with zero attached hydrogens (tertiary/aromatic N) is 3. The summed E-state index contributed by atoms with van der Waals surface area (Å²) in [5.41, 5.74) is 2.31. The van der Waals surface area contributed by atoms with Crippen molar-refractivity contribution in [1.82, 2.24) is 14.7 Å². The van der Waals surface area contributed by atoms with E-state index in [4.69, 9.17) is 14.6 Å². The monoisotopic (exact) mass is 506 g/mol. The maximum atomic E-state index is 13.2. The molecule has 3 rings (SSSR count). The average molecular weight is 507 g/mol. The minimum atomic E-state index is -0.269. The lowest BCUT2D eigenvalue weighted by atomic mass is 9.92. The second-order valence-electron chi connectivity index (χ2n) is 10.0. The second-order valence-corrected chi connectivity index (χ2v) is 10.0. The van der Waals surface area contributed by atoms with Crippen LogP contribution in [0.2, 0.25) is 0 Å². The van der Waals surface area contributed by atoms with E-state index in [9.17, 15) is 9.59 Å². The number of carbonyl (C=O) groups is 2. The lowest BCUT2D eigenvalue weighted by Crippen LogP contribution is -2.39. The topological polar surface area (TPSA) is 85.7 Å². The maximum absolute atomic E-state index is 13.2. The Bertz CT molecular complexity index is 1180. The molecule has 37 heavy (non-hydrogen) atoms. The molecule has 0 fully saturated rings. The van der Waals surface area contributed by atoms with Crippen LogP contribution in [0.1, 0.15) is 51.8 Å². The van der Waals surface area contributed by atoms with Gasteiger partial charge in [0.25, 0.3) is 0 Å². The Hall–Kier alpha value is -3.81. The van der Waals surface area contributed by atoms with Crippen molar-refractivity contribution in [3.05, 3.63) is 65.9 Å². The molecule has 0 spiro atoms. The molecule has 2 amide bonds. The summed E-state index contributed by atoms with van der Waals surface area (Å²) in [5.74, 6) is 1.67. The smallest absolute Gasteiger partial charge is 0.245 e. The SMILES string of the molecule is CCCCN(CC(=O)Nc1cc(C(C)(C)C)nn1-c1ccc(OC)cc1)C(=O)Cc1ccc(OC)cc1. The van der Waals surface area contributed by atoms with E-state index in [0.29, 0.717) is 12.4 Å². The molecule has 1 aromatic heterocycles. The molecule has 0 aliphatic rings. The fourth-order valence-corrected chi connectivity index (χ4v) is 3.78. The van der Waals surface area contributed by atoms with Gasteiger partial charge in [0.05, 0.1) is 38.6 Å². The van der Waals surface area contributed by atoms with Gasteiger partial charge in [-0.05, 0) is 48.4 Å². The van der Waals surface area contributed by atoms with Crippen molar-refractivity contribution < 1.29 is 19.1 Å². The van der Waals surface area contributed by atoms with Crippen LogP contribution in [-0.2, 0) is 21.4 Å². The van der Waals surface area contributed by atoms with E-state index in [0.717, 1.165) is 41.3 Å². The van der Waals surface area contributed by atoms with Gasteiger partial charge in [0.1, 0.15) is 17.3 Å². The number of aromatic nitrogens is 2. The van der Waals surface area contributed by atoms with Gasteiger partial charge in [-0.2, -0.15) is 5.10 Å². The Morgan fingerprint density at radius 2 is 1.57 bits per heavy atom. The van der Waals surface area contributed by atoms with E-state index >= 15 is 0 Å². The van der Waals surface area contributed by atoms with E-state index < -0.39 is 0 Å². The molecule has 0 saturated heterocycles. The first-order valence-electron chi connectivity index (χ1n) is 12.6. The van der Waals surface area contributed by atoms with E-state index in [2.05, 4.69) is 33.0 Å². The maximum Gasteiger partial charge on any atom is 0.245 e. The Morgan fingerprint density at radius 1 is 0.973 bits per heavy atom. The van der Waals surface area contributed by atoms with Crippen LogP contribution in [0.25, 0.3) is 5.69 Å². The van der Waals surface area contributed by atoms with E-state index in [-0.39, 0.29) is 30.2 Å². The second kappa shape index (κ2) is 12.4. The van der Waals surface area contributed by atoms with Crippen molar-refractivity contribution in [3.8, 4) is 17.2 Å². The van der Waals surface area contributed by atoms with Gasteiger partial charge in [-0.15, -0.1) is 0 Å². The van der Waals surface area contributed by atoms with Crippen LogP contribution in [-0.4, -0.2) is 53.8 Å². The standard InChI is InChI=1S/C29H38N4O4/c1-7-8-17-32(28(35)18-21-9-13-23(36-5)14-10-21)20-27(34)30-26-19-25(29(2,3)4)31-33(26)22-11-15-24(37-6)16-12-22/h9-16,19H,7-8,17-18,20H2,1-6H3,(H,30,34). The zero-order valence-corrected chi connectivity index (χ0v) is 22.7. The van der Waals surface area contributed by atoms with Crippen LogP contribution in [0.5, 0.6) is 11.5 Å². The van der Waals surface area contributed by atoms with Crippen LogP contribution >= 0.6 is 0 Å². The number of carbonyl (C=O) groups excluding carboxylic acids is 2. The van der Waals surface area contributed by atoms with Gasteiger partial charge in [0.15, 0.2) is 0 Å². The van der Waals surface area contributed by atoms with Crippen molar-refractivity contribution in [1.29, 1.82) is 0 Å². The Kier molecular flexibility index (Phi) is 9.33. The highest BCUT2D eigenvalue weighted by Gasteiger charge is 2.23. The molecule has 198 valence electrons. The van der Waals surface area contributed by atoms with Crippen LogP contribution < -0.4 is 14.8 Å².